The smallest absolute Gasteiger partial charge is 0.269 e. The number of fused-ring (bicyclic) bond motifs is 1. The third kappa shape index (κ3) is 3.69. The molecular weight excluding hydrogens is 397 g/mol. The van der Waals surface area contributed by atoms with Crippen LogP contribution in [0.5, 0.6) is 5.75 Å². The second kappa shape index (κ2) is 7.48. The Hall–Kier alpha value is -3.22. The number of nitrogens with zero attached hydrogens (tertiary/aromatic N) is 2. The molecule has 1 aromatic carbocycles. The van der Waals surface area contributed by atoms with Crippen LogP contribution in [0.1, 0.15) is 54.4 Å². The van der Waals surface area contributed by atoms with Crippen LogP contribution < -0.4 is 10.9 Å². The number of hydrogen-bond acceptors (Lipinski definition) is 4. The zero-order valence-corrected chi connectivity index (χ0v) is 17.1. The molecule has 7 heteroatoms. The van der Waals surface area contributed by atoms with E-state index < -0.39 is 11.5 Å². The Balaban J connectivity index is 1.50. The van der Waals surface area contributed by atoms with Gasteiger partial charge in [-0.25, -0.2) is 9.37 Å². The van der Waals surface area contributed by atoms with Crippen molar-refractivity contribution in [3.8, 4) is 5.75 Å². The first-order valence-corrected chi connectivity index (χ1v) is 10.7. The maximum Gasteiger partial charge on any atom is 0.269 e. The quantitative estimate of drug-likeness (QED) is 0.672. The van der Waals surface area contributed by atoms with Gasteiger partial charge in [0.15, 0.2) is 0 Å². The molecule has 2 heterocycles. The molecular formula is C24H24FN3O3. The number of halogens is 1. The van der Waals surface area contributed by atoms with Gasteiger partial charge in [-0.2, -0.15) is 0 Å². The average molecular weight is 421 g/mol. The number of rotatable bonds is 4. The number of aromatic nitrogens is 2. The molecule has 1 spiro atoms. The topological polar surface area (TPSA) is 84.2 Å². The van der Waals surface area contributed by atoms with Gasteiger partial charge in [0.1, 0.15) is 22.8 Å². The number of benzene rings is 1. The van der Waals surface area contributed by atoms with E-state index in [2.05, 4.69) is 10.3 Å². The molecule has 5 rings (SSSR count). The van der Waals surface area contributed by atoms with Crippen molar-refractivity contribution in [2.75, 3.05) is 0 Å². The van der Waals surface area contributed by atoms with Gasteiger partial charge < -0.3 is 10.4 Å². The third-order valence-electron chi connectivity index (χ3n) is 6.81. The first-order valence-electron chi connectivity index (χ1n) is 10.7. The van der Waals surface area contributed by atoms with Gasteiger partial charge in [-0.05, 0) is 73.8 Å². The summed E-state index contributed by atoms with van der Waals surface area (Å²) in [6, 6.07) is 9.09. The highest BCUT2D eigenvalue weighted by Gasteiger charge is 2.45. The van der Waals surface area contributed by atoms with E-state index in [9.17, 15) is 19.1 Å². The molecule has 0 saturated heterocycles. The first-order chi connectivity index (χ1) is 15.0. The van der Waals surface area contributed by atoms with Crippen molar-refractivity contribution in [3.63, 3.8) is 0 Å². The van der Waals surface area contributed by atoms with E-state index >= 15 is 0 Å². The fraction of sp³-hybridized carbons (Fsp3) is 0.375. The number of carbonyl (C=O) groups is 1. The van der Waals surface area contributed by atoms with E-state index in [-0.39, 0.29) is 35.4 Å². The molecule has 2 N–H and O–H groups in total. The number of nitrogens with one attached hydrogen (secondary N) is 1. The average Bonchev–Trinajstić information content (AvgIpc) is 3.53. The Morgan fingerprint density at radius 3 is 2.55 bits per heavy atom. The van der Waals surface area contributed by atoms with Gasteiger partial charge in [-0.1, -0.05) is 12.1 Å². The van der Waals surface area contributed by atoms with Crippen LogP contribution in [0.3, 0.4) is 0 Å². The maximum absolute atomic E-state index is 13.3. The summed E-state index contributed by atoms with van der Waals surface area (Å²) < 4.78 is 14.6. The second-order valence-corrected chi connectivity index (χ2v) is 8.86. The highest BCUT2D eigenvalue weighted by atomic mass is 19.1. The lowest BCUT2D eigenvalue weighted by Gasteiger charge is -2.29. The highest BCUT2D eigenvalue weighted by Crippen LogP contribution is 2.56. The minimum atomic E-state index is -0.611. The van der Waals surface area contributed by atoms with E-state index in [0.29, 0.717) is 16.4 Å². The molecule has 3 aromatic rings. The van der Waals surface area contributed by atoms with Crippen LogP contribution in [-0.4, -0.2) is 26.6 Å². The number of hydrogen-bond donors (Lipinski definition) is 2. The minimum absolute atomic E-state index is 0.00710. The number of carbonyl (C=O) groups excluding carboxylic acids is 1. The Morgan fingerprint density at radius 1 is 1.16 bits per heavy atom. The van der Waals surface area contributed by atoms with E-state index in [4.69, 9.17) is 0 Å². The molecule has 2 aromatic heterocycles. The zero-order valence-electron chi connectivity index (χ0n) is 17.1. The fourth-order valence-electron chi connectivity index (χ4n) is 4.70. The van der Waals surface area contributed by atoms with Crippen LogP contribution in [-0.2, 0) is 6.54 Å². The highest BCUT2D eigenvalue weighted by molar-refractivity contribution is 6.01. The van der Waals surface area contributed by atoms with Crippen molar-refractivity contribution in [1.29, 1.82) is 0 Å². The summed E-state index contributed by atoms with van der Waals surface area (Å²) in [5.41, 5.74) is 0.586. The summed E-state index contributed by atoms with van der Waals surface area (Å²) in [5.74, 6) is -1.28. The van der Waals surface area contributed by atoms with Gasteiger partial charge in [0.25, 0.3) is 11.5 Å². The van der Waals surface area contributed by atoms with E-state index in [1.54, 1.807) is 24.3 Å². The van der Waals surface area contributed by atoms with Crippen molar-refractivity contribution < 1.29 is 14.3 Å². The fourth-order valence-corrected chi connectivity index (χ4v) is 4.70. The molecule has 2 aliphatic carbocycles. The van der Waals surface area contributed by atoms with Crippen molar-refractivity contribution in [1.82, 2.24) is 14.9 Å². The van der Waals surface area contributed by atoms with E-state index in [1.807, 2.05) is 0 Å². The van der Waals surface area contributed by atoms with Gasteiger partial charge in [-0.15, -0.1) is 0 Å². The largest absolute Gasteiger partial charge is 0.506 e. The van der Waals surface area contributed by atoms with E-state index in [0.717, 1.165) is 25.7 Å². The molecule has 2 aliphatic rings. The van der Waals surface area contributed by atoms with Crippen molar-refractivity contribution in [2.24, 2.45) is 5.41 Å². The van der Waals surface area contributed by atoms with Crippen molar-refractivity contribution >= 4 is 16.9 Å². The Morgan fingerprint density at radius 2 is 1.87 bits per heavy atom. The summed E-state index contributed by atoms with van der Waals surface area (Å²) in [6.07, 6.45) is 8.07. The summed E-state index contributed by atoms with van der Waals surface area (Å²) in [5, 5.41) is 14.1. The predicted molar refractivity (Wildman–Crippen MR) is 115 cm³/mol. The number of amides is 1. The van der Waals surface area contributed by atoms with Crippen LogP contribution in [0.15, 0.2) is 47.4 Å². The molecule has 31 heavy (non-hydrogen) atoms. The Labute approximate surface area is 178 Å². The van der Waals surface area contributed by atoms with Gasteiger partial charge in [0, 0.05) is 12.2 Å². The molecule has 0 atom stereocenters. The Kier molecular flexibility index (Phi) is 4.76. The molecule has 0 unspecified atom stereocenters. The van der Waals surface area contributed by atoms with Crippen molar-refractivity contribution in [3.05, 3.63) is 69.9 Å². The predicted octanol–water partition coefficient (Wildman–Crippen LogP) is 3.74. The SMILES string of the molecule is O=C(NC1CCC2(CC1)CC2)c1c(O)c2cccnc2n(Cc2ccc(F)cc2)c1=O. The standard InChI is InChI=1S/C24H24FN3O3/c25-16-5-3-15(4-6-16)14-28-21-18(2-1-13-26-21)20(29)19(23(28)31)22(30)27-17-7-9-24(10-8-17)11-12-24/h1-6,13,17,29H,7-12,14H2,(H,27,30). The van der Waals surface area contributed by atoms with Crippen molar-refractivity contribution in [2.45, 2.75) is 51.1 Å². The van der Waals surface area contributed by atoms with Crippen LogP contribution in [0.2, 0.25) is 0 Å². The molecule has 6 nitrogen and oxygen atoms in total. The molecule has 1 amide bonds. The van der Waals surface area contributed by atoms with E-state index in [1.165, 1.54) is 35.7 Å². The molecule has 0 aliphatic heterocycles. The second-order valence-electron chi connectivity index (χ2n) is 8.86. The van der Waals surface area contributed by atoms with Gasteiger partial charge >= 0.3 is 0 Å². The summed E-state index contributed by atoms with van der Waals surface area (Å²) >= 11 is 0. The minimum Gasteiger partial charge on any atom is -0.506 e. The molecule has 2 fully saturated rings. The number of pyridine rings is 2. The zero-order chi connectivity index (χ0) is 21.6. The molecule has 0 radical (unpaired) electrons. The number of aromatic hydroxyl groups is 1. The molecule has 2 saturated carbocycles. The monoisotopic (exact) mass is 421 g/mol. The first kappa shape index (κ1) is 19.7. The molecule has 0 bridgehead atoms. The van der Waals surface area contributed by atoms with Crippen LogP contribution in [0.25, 0.3) is 11.0 Å². The third-order valence-corrected chi connectivity index (χ3v) is 6.81. The van der Waals surface area contributed by atoms with Gasteiger partial charge in [0.2, 0.25) is 0 Å². The van der Waals surface area contributed by atoms with Gasteiger partial charge in [0.05, 0.1) is 11.9 Å². The molecule has 160 valence electrons. The normalized spacial score (nSPS) is 17.7. The van der Waals surface area contributed by atoms with Crippen LogP contribution >= 0.6 is 0 Å². The summed E-state index contributed by atoms with van der Waals surface area (Å²) in [7, 11) is 0. The lowest BCUT2D eigenvalue weighted by atomic mass is 9.83. The van der Waals surface area contributed by atoms with Crippen LogP contribution in [0.4, 0.5) is 4.39 Å². The summed E-state index contributed by atoms with van der Waals surface area (Å²) in [6.45, 7) is 0.110. The maximum atomic E-state index is 13.3. The summed E-state index contributed by atoms with van der Waals surface area (Å²) in [4.78, 5) is 30.6. The lowest BCUT2D eigenvalue weighted by Crippen LogP contribution is -2.41. The van der Waals surface area contributed by atoms with Crippen LogP contribution in [0, 0.1) is 11.2 Å². The lowest BCUT2D eigenvalue weighted by molar-refractivity contribution is 0.0915. The van der Waals surface area contributed by atoms with Gasteiger partial charge in [-0.3, -0.25) is 14.2 Å². The Bertz CT molecular complexity index is 1210.